The van der Waals surface area contributed by atoms with Gasteiger partial charge < -0.3 is 0 Å². The SMILES string of the molecule is Cc1ccccc1P(c1ccccc1C)C(C(P(c1ccccc1C)c1ccccc1C)P(c1ccccc1C)c1ccccc1C)P(c1ccccc1C)c1ccccc1C. The molecule has 0 amide bonds. The van der Waals surface area contributed by atoms with Gasteiger partial charge in [-0.2, -0.15) is 0 Å². The highest BCUT2D eigenvalue weighted by molar-refractivity contribution is 7.96. The largest absolute Gasteiger partial charge is 0.0620 e. The first-order valence-electron chi connectivity index (χ1n) is 21.8. The van der Waals surface area contributed by atoms with Crippen LogP contribution < -0.4 is 42.4 Å². The van der Waals surface area contributed by atoms with Crippen LogP contribution in [0.25, 0.3) is 0 Å². The first-order valence-corrected chi connectivity index (χ1v) is 27.4. The zero-order valence-electron chi connectivity index (χ0n) is 37.4. The van der Waals surface area contributed by atoms with Crippen molar-refractivity contribution >= 4 is 74.1 Å². The molecule has 0 atom stereocenters. The van der Waals surface area contributed by atoms with Crippen LogP contribution in [0.4, 0.5) is 0 Å². The molecule has 4 heteroatoms. The van der Waals surface area contributed by atoms with E-state index >= 15 is 0 Å². The van der Waals surface area contributed by atoms with E-state index in [1.54, 1.807) is 0 Å². The molecule has 0 unspecified atom stereocenters. The van der Waals surface area contributed by atoms with Crippen LogP contribution in [0, 0.1) is 55.4 Å². The van der Waals surface area contributed by atoms with E-state index in [9.17, 15) is 0 Å². The van der Waals surface area contributed by atoms with Gasteiger partial charge in [-0.3, -0.25) is 0 Å². The standard InChI is InChI=1S/C58H58P4/c1-41-25-9-17-33-49(41)59(50-34-18-10-26-42(50)2)57(60(51-35-19-11-27-43(51)3)52-36-20-12-28-44(52)4)58(61(53-37-21-13-29-45(53)5)54-38-22-14-30-46(54)6)62(55-39-23-15-31-47(55)7)56-40-24-16-32-48(56)8/h9-40,57-58H,1-8H3. The van der Waals surface area contributed by atoms with Crippen LogP contribution in [0.3, 0.4) is 0 Å². The van der Waals surface area contributed by atoms with Crippen LogP contribution in [0.15, 0.2) is 194 Å². The molecule has 8 rings (SSSR count). The Balaban J connectivity index is 1.66. The Hall–Kier alpha value is -4.52. The molecule has 0 aliphatic heterocycles. The lowest BCUT2D eigenvalue weighted by atomic mass is 10.2. The smallest absolute Gasteiger partial charge is 0.0274 e. The second-order valence-electron chi connectivity index (χ2n) is 16.6. The van der Waals surface area contributed by atoms with Crippen molar-refractivity contribution in [3.05, 3.63) is 239 Å². The van der Waals surface area contributed by atoms with Crippen LogP contribution in [-0.2, 0) is 0 Å². The monoisotopic (exact) mass is 878 g/mol. The highest BCUT2D eigenvalue weighted by atomic mass is 31.2. The second kappa shape index (κ2) is 19.9. The van der Waals surface area contributed by atoms with Gasteiger partial charge in [0.05, 0.1) is 0 Å². The van der Waals surface area contributed by atoms with Crippen LogP contribution in [0.2, 0.25) is 0 Å². The summed E-state index contributed by atoms with van der Waals surface area (Å²) in [6.07, 6.45) is 0. The number of hydrogen-bond acceptors (Lipinski definition) is 0. The maximum atomic E-state index is 2.49. The Morgan fingerprint density at radius 1 is 0.194 bits per heavy atom. The van der Waals surface area contributed by atoms with E-state index in [-0.39, 0.29) is 10.8 Å². The average molecular weight is 879 g/mol. The average Bonchev–Trinajstić information content (AvgIpc) is 3.27. The van der Waals surface area contributed by atoms with E-state index in [0.29, 0.717) is 0 Å². The van der Waals surface area contributed by atoms with E-state index in [1.165, 1.54) is 86.9 Å². The molecule has 0 spiro atoms. The summed E-state index contributed by atoms with van der Waals surface area (Å²) in [5, 5.41) is 12.4. The normalized spacial score (nSPS) is 11.8. The maximum absolute atomic E-state index is 2.49. The Morgan fingerprint density at radius 2 is 0.306 bits per heavy atom. The van der Waals surface area contributed by atoms with Gasteiger partial charge in [0.15, 0.2) is 0 Å². The minimum atomic E-state index is -1.01. The Labute approximate surface area is 376 Å². The van der Waals surface area contributed by atoms with Gasteiger partial charge in [0.1, 0.15) is 0 Å². The van der Waals surface area contributed by atoms with Crippen LogP contribution >= 0.6 is 31.7 Å². The molecule has 310 valence electrons. The molecule has 0 aliphatic carbocycles. The first kappa shape index (κ1) is 44.1. The van der Waals surface area contributed by atoms with E-state index in [4.69, 9.17) is 0 Å². The van der Waals surface area contributed by atoms with Crippen molar-refractivity contribution in [2.24, 2.45) is 0 Å². The Bertz CT molecular complexity index is 2240. The van der Waals surface area contributed by atoms with Crippen molar-refractivity contribution in [3.63, 3.8) is 0 Å². The van der Waals surface area contributed by atoms with E-state index < -0.39 is 31.7 Å². The van der Waals surface area contributed by atoms with Gasteiger partial charge in [0.25, 0.3) is 0 Å². The van der Waals surface area contributed by atoms with Crippen molar-refractivity contribution in [2.75, 3.05) is 0 Å². The third kappa shape index (κ3) is 8.97. The maximum Gasteiger partial charge on any atom is 0.0274 e. The molecule has 0 bridgehead atoms. The summed E-state index contributed by atoms with van der Waals surface area (Å²) in [6, 6.07) is 75.3. The lowest BCUT2D eigenvalue weighted by Crippen LogP contribution is -2.42. The van der Waals surface area contributed by atoms with Gasteiger partial charge in [-0.1, -0.05) is 194 Å². The molecule has 0 aromatic heterocycles. The lowest BCUT2D eigenvalue weighted by Gasteiger charge is -2.49. The molecule has 0 fully saturated rings. The van der Waals surface area contributed by atoms with Crippen LogP contribution in [0.1, 0.15) is 44.5 Å². The van der Waals surface area contributed by atoms with Crippen molar-refractivity contribution < 1.29 is 0 Å². The fourth-order valence-electron chi connectivity index (χ4n) is 9.09. The van der Waals surface area contributed by atoms with Crippen LogP contribution in [0.5, 0.6) is 0 Å². The zero-order valence-corrected chi connectivity index (χ0v) is 41.0. The lowest BCUT2D eigenvalue weighted by molar-refractivity contribution is 1.28. The van der Waals surface area contributed by atoms with Crippen LogP contribution in [-0.4, -0.2) is 10.8 Å². The minimum Gasteiger partial charge on any atom is -0.0620 e. The van der Waals surface area contributed by atoms with Crippen molar-refractivity contribution in [3.8, 4) is 0 Å². The topological polar surface area (TPSA) is 0 Å². The Morgan fingerprint density at radius 3 is 0.419 bits per heavy atom. The first-order chi connectivity index (χ1) is 30.2. The molecule has 62 heavy (non-hydrogen) atoms. The summed E-state index contributed by atoms with van der Waals surface area (Å²) in [6.45, 7) is 19.0. The zero-order chi connectivity index (χ0) is 43.3. The summed E-state index contributed by atoms with van der Waals surface area (Å²) in [5.74, 6) is 0. The third-order valence-corrected chi connectivity index (χ3v) is 27.5. The van der Waals surface area contributed by atoms with Gasteiger partial charge in [-0.05, 0) is 174 Å². The van der Waals surface area contributed by atoms with Gasteiger partial charge in [-0.15, -0.1) is 0 Å². The Kier molecular flexibility index (Phi) is 14.2. The molecule has 0 saturated carbocycles. The van der Waals surface area contributed by atoms with Gasteiger partial charge >= 0.3 is 0 Å². The summed E-state index contributed by atoms with van der Waals surface area (Å²) in [7, 11) is -4.04. The van der Waals surface area contributed by atoms with Crippen molar-refractivity contribution in [1.82, 2.24) is 0 Å². The molecule has 0 aliphatic rings. The fourth-order valence-corrected chi connectivity index (χ4v) is 27.1. The number of rotatable bonds is 13. The summed E-state index contributed by atoms with van der Waals surface area (Å²) < 4.78 is 0. The van der Waals surface area contributed by atoms with Crippen molar-refractivity contribution in [2.45, 2.75) is 66.2 Å². The molecule has 0 N–H and O–H groups in total. The number of aryl methyl sites for hydroxylation is 8. The number of hydrogen-bond donors (Lipinski definition) is 0. The number of benzene rings is 8. The predicted octanol–water partition coefficient (Wildman–Crippen LogP) is 12.6. The molecule has 0 heterocycles. The summed E-state index contributed by atoms with van der Waals surface area (Å²) in [5.41, 5.74) is 11.0. The van der Waals surface area contributed by atoms with Crippen molar-refractivity contribution in [1.29, 1.82) is 0 Å². The second-order valence-corrected chi connectivity index (χ2v) is 26.5. The van der Waals surface area contributed by atoms with Gasteiger partial charge in [0.2, 0.25) is 0 Å². The highest BCUT2D eigenvalue weighted by Gasteiger charge is 2.49. The summed E-state index contributed by atoms with van der Waals surface area (Å²) >= 11 is 0. The molecule has 8 aromatic carbocycles. The minimum absolute atomic E-state index is 0.208. The van der Waals surface area contributed by atoms with E-state index in [2.05, 4.69) is 250 Å². The molecular weight excluding hydrogens is 821 g/mol. The quantitative estimate of drug-likeness (QED) is 0.101. The van der Waals surface area contributed by atoms with E-state index in [1.807, 2.05) is 0 Å². The molecule has 0 saturated heterocycles. The highest BCUT2D eigenvalue weighted by Crippen LogP contribution is 2.71. The fraction of sp³-hybridized carbons (Fsp3) is 0.172. The molecule has 0 radical (unpaired) electrons. The summed E-state index contributed by atoms with van der Waals surface area (Å²) in [4.78, 5) is 0. The van der Waals surface area contributed by atoms with E-state index in [0.717, 1.165) is 0 Å². The predicted molar refractivity (Wildman–Crippen MR) is 282 cm³/mol. The molecule has 8 aromatic rings. The molecular formula is C58H58P4. The molecule has 0 nitrogen and oxygen atoms in total. The van der Waals surface area contributed by atoms with Gasteiger partial charge in [-0.25, -0.2) is 0 Å². The van der Waals surface area contributed by atoms with Gasteiger partial charge in [0, 0.05) is 10.8 Å². The third-order valence-electron chi connectivity index (χ3n) is 12.3.